The maximum atomic E-state index is 13.8. The van der Waals surface area contributed by atoms with E-state index in [0.717, 1.165) is 57.6 Å². The number of hydrogen-bond donors (Lipinski definition) is 0. The topological polar surface area (TPSA) is 47.4 Å². The van der Waals surface area contributed by atoms with Gasteiger partial charge < -0.3 is 9.64 Å². The molecular weight excluding hydrogens is 394 g/mol. The normalized spacial score (nSPS) is 11.8. The molecule has 2 aromatic heterocycles. The van der Waals surface area contributed by atoms with Gasteiger partial charge in [0.25, 0.3) is 5.56 Å². The van der Waals surface area contributed by atoms with Crippen LogP contribution in [0.3, 0.4) is 0 Å². The molecule has 3 rings (SSSR count). The zero-order chi connectivity index (χ0) is 22.0. The lowest BCUT2D eigenvalue weighted by atomic mass is 10.0. The van der Waals surface area contributed by atoms with E-state index in [-0.39, 0.29) is 11.5 Å². The molecule has 3 aromatic rings. The van der Waals surface area contributed by atoms with Crippen molar-refractivity contribution in [1.82, 2.24) is 14.5 Å². The third-order valence-electron chi connectivity index (χ3n) is 5.69. The van der Waals surface area contributed by atoms with E-state index in [2.05, 4.69) is 52.5 Å². The van der Waals surface area contributed by atoms with Gasteiger partial charge >= 0.3 is 0 Å². The number of thiophene rings is 1. The molecule has 0 atom stereocenters. The second kappa shape index (κ2) is 9.31. The number of fused-ring (bicyclic) bond motifs is 1. The Morgan fingerprint density at radius 3 is 2.50 bits per heavy atom. The second-order valence-electron chi connectivity index (χ2n) is 8.03. The van der Waals surface area contributed by atoms with E-state index in [1.165, 1.54) is 0 Å². The first-order chi connectivity index (χ1) is 14.3. The second-order valence-corrected chi connectivity index (χ2v) is 9.23. The Hall–Kier alpha value is -2.18. The highest BCUT2D eigenvalue weighted by atomic mass is 32.1. The van der Waals surface area contributed by atoms with Crippen molar-refractivity contribution in [2.75, 3.05) is 26.7 Å². The summed E-state index contributed by atoms with van der Waals surface area (Å²) < 4.78 is 7.53. The molecule has 0 radical (unpaired) electrons. The summed E-state index contributed by atoms with van der Waals surface area (Å²) in [5.74, 6) is 1.83. The Kier molecular flexibility index (Phi) is 6.98. The van der Waals surface area contributed by atoms with Crippen LogP contribution >= 0.6 is 11.3 Å². The number of methoxy groups -OCH3 is 1. The quantitative estimate of drug-likeness (QED) is 0.495. The van der Waals surface area contributed by atoms with Crippen LogP contribution in [0.1, 0.15) is 49.9 Å². The van der Waals surface area contributed by atoms with Gasteiger partial charge in [0.2, 0.25) is 0 Å². The minimum Gasteiger partial charge on any atom is -0.496 e. The highest BCUT2D eigenvalue weighted by Crippen LogP contribution is 2.40. The van der Waals surface area contributed by atoms with Crippen LogP contribution in [0.5, 0.6) is 5.75 Å². The van der Waals surface area contributed by atoms with Crippen LogP contribution in [0.15, 0.2) is 23.0 Å². The molecule has 0 saturated carbocycles. The Morgan fingerprint density at radius 2 is 1.90 bits per heavy atom. The summed E-state index contributed by atoms with van der Waals surface area (Å²) in [6, 6.07) is 6.11. The average Bonchev–Trinajstić information content (AvgIpc) is 3.05. The molecule has 0 aliphatic heterocycles. The van der Waals surface area contributed by atoms with Gasteiger partial charge in [-0.25, -0.2) is 4.98 Å². The molecular formula is C24H33N3O2S. The van der Waals surface area contributed by atoms with E-state index in [1.807, 2.05) is 16.7 Å². The molecule has 0 saturated heterocycles. The number of nitrogens with zero attached hydrogens (tertiary/aromatic N) is 3. The van der Waals surface area contributed by atoms with Gasteiger partial charge in [0, 0.05) is 35.0 Å². The van der Waals surface area contributed by atoms with Gasteiger partial charge in [-0.05, 0) is 39.1 Å². The maximum Gasteiger partial charge on any atom is 0.262 e. The summed E-state index contributed by atoms with van der Waals surface area (Å²) in [5.41, 5.74) is 3.12. The van der Waals surface area contributed by atoms with Crippen molar-refractivity contribution >= 4 is 21.6 Å². The summed E-state index contributed by atoms with van der Waals surface area (Å²) in [7, 11) is 1.68. The molecule has 30 heavy (non-hydrogen) atoms. The van der Waals surface area contributed by atoms with E-state index >= 15 is 0 Å². The van der Waals surface area contributed by atoms with Crippen LogP contribution in [-0.2, 0) is 6.54 Å². The van der Waals surface area contributed by atoms with Gasteiger partial charge in [-0.15, -0.1) is 11.3 Å². The summed E-state index contributed by atoms with van der Waals surface area (Å²) >= 11 is 1.60. The first-order valence-corrected chi connectivity index (χ1v) is 11.5. The molecule has 1 aromatic carbocycles. The third-order valence-corrected chi connectivity index (χ3v) is 6.69. The number of benzene rings is 1. The highest BCUT2D eigenvalue weighted by molar-refractivity contribution is 7.19. The van der Waals surface area contributed by atoms with E-state index in [0.29, 0.717) is 11.9 Å². The zero-order valence-corrected chi connectivity index (χ0v) is 20.0. The summed E-state index contributed by atoms with van der Waals surface area (Å²) in [6.07, 6.45) is 0. The fraction of sp³-hybridized carbons (Fsp3) is 0.500. The molecule has 162 valence electrons. The summed E-state index contributed by atoms with van der Waals surface area (Å²) in [6.45, 7) is 16.1. The lowest BCUT2D eigenvalue weighted by Crippen LogP contribution is -2.33. The highest BCUT2D eigenvalue weighted by Gasteiger charge is 2.23. The van der Waals surface area contributed by atoms with Gasteiger partial charge in [0.05, 0.1) is 12.5 Å². The molecule has 5 nitrogen and oxygen atoms in total. The van der Waals surface area contributed by atoms with Gasteiger partial charge in [-0.1, -0.05) is 39.3 Å². The maximum absolute atomic E-state index is 13.8. The Bertz CT molecular complexity index is 1090. The van der Waals surface area contributed by atoms with Crippen molar-refractivity contribution in [3.05, 3.63) is 44.8 Å². The van der Waals surface area contributed by atoms with Crippen LogP contribution in [0.25, 0.3) is 21.3 Å². The number of ether oxygens (including phenoxy) is 1. The van der Waals surface area contributed by atoms with Crippen LogP contribution in [0.2, 0.25) is 0 Å². The molecule has 0 aliphatic carbocycles. The molecule has 0 unspecified atom stereocenters. The molecule has 2 heterocycles. The summed E-state index contributed by atoms with van der Waals surface area (Å²) in [4.78, 5) is 23.0. The summed E-state index contributed by atoms with van der Waals surface area (Å²) in [5, 5.41) is 0.713. The standard InChI is InChI=1S/C24H33N3O2S/c1-8-26(9-2)12-13-27-22(15(3)4)25-23-21(24(27)28)20(17(6)30-23)18-14-16(5)10-11-19(18)29-7/h10-11,14-15H,8-9,12-13H2,1-7H3. The van der Waals surface area contributed by atoms with Crippen molar-refractivity contribution in [2.24, 2.45) is 0 Å². The van der Waals surface area contributed by atoms with Crippen LogP contribution < -0.4 is 10.3 Å². The largest absolute Gasteiger partial charge is 0.496 e. The molecule has 0 N–H and O–H groups in total. The first kappa shape index (κ1) is 22.5. The molecule has 0 aliphatic rings. The van der Waals surface area contributed by atoms with E-state index in [4.69, 9.17) is 9.72 Å². The fourth-order valence-corrected chi connectivity index (χ4v) is 5.02. The van der Waals surface area contributed by atoms with Crippen LogP contribution in [0, 0.1) is 13.8 Å². The van der Waals surface area contributed by atoms with E-state index in [9.17, 15) is 4.79 Å². The van der Waals surface area contributed by atoms with Crippen LogP contribution in [0.4, 0.5) is 0 Å². The first-order valence-electron chi connectivity index (χ1n) is 10.7. The van der Waals surface area contributed by atoms with Crippen LogP contribution in [-0.4, -0.2) is 41.2 Å². The minimum absolute atomic E-state index is 0.0544. The van der Waals surface area contributed by atoms with Gasteiger partial charge in [-0.3, -0.25) is 9.36 Å². The smallest absolute Gasteiger partial charge is 0.262 e. The third kappa shape index (κ3) is 4.16. The molecule has 0 spiro atoms. The Morgan fingerprint density at radius 1 is 1.20 bits per heavy atom. The van der Waals surface area contributed by atoms with Gasteiger partial charge in [0.15, 0.2) is 0 Å². The fourth-order valence-electron chi connectivity index (χ4n) is 3.99. The predicted octanol–water partition coefficient (Wildman–Crippen LogP) is 5.22. The SMILES string of the molecule is CCN(CC)CCn1c(C(C)C)nc2sc(C)c(-c3cc(C)ccc3OC)c2c1=O. The Balaban J connectivity index is 2.27. The van der Waals surface area contributed by atoms with Crippen molar-refractivity contribution in [2.45, 2.75) is 54.0 Å². The van der Waals surface area contributed by atoms with Gasteiger partial charge in [0.1, 0.15) is 16.4 Å². The lowest BCUT2D eigenvalue weighted by molar-refractivity contribution is 0.286. The van der Waals surface area contributed by atoms with E-state index in [1.54, 1.807) is 18.4 Å². The predicted molar refractivity (Wildman–Crippen MR) is 127 cm³/mol. The number of aryl methyl sites for hydroxylation is 2. The van der Waals surface area contributed by atoms with Crippen molar-refractivity contribution < 1.29 is 4.74 Å². The Labute approximate surface area is 183 Å². The van der Waals surface area contributed by atoms with Crippen molar-refractivity contribution in [1.29, 1.82) is 0 Å². The van der Waals surface area contributed by atoms with Crippen molar-refractivity contribution in [3.8, 4) is 16.9 Å². The van der Waals surface area contributed by atoms with Crippen molar-refractivity contribution in [3.63, 3.8) is 0 Å². The van der Waals surface area contributed by atoms with Gasteiger partial charge in [-0.2, -0.15) is 0 Å². The number of hydrogen-bond acceptors (Lipinski definition) is 5. The number of rotatable bonds is 8. The monoisotopic (exact) mass is 427 g/mol. The number of likely N-dealkylation sites (N-methyl/N-ethyl adjacent to an activating group) is 1. The number of aromatic nitrogens is 2. The molecule has 0 fully saturated rings. The average molecular weight is 428 g/mol. The minimum atomic E-state index is 0.0544. The molecule has 0 amide bonds. The molecule has 6 heteroatoms. The molecule has 0 bridgehead atoms. The van der Waals surface area contributed by atoms with E-state index < -0.39 is 0 Å². The lowest BCUT2D eigenvalue weighted by Gasteiger charge is -2.21. The zero-order valence-electron chi connectivity index (χ0n) is 19.2.